The number of hydrazine groups is 1. The highest BCUT2D eigenvalue weighted by Crippen LogP contribution is 2.40. The number of anilines is 3. The number of allylic oxidation sites excluding steroid dienone is 1. The van der Waals surface area contributed by atoms with Gasteiger partial charge in [-0.05, 0) is 162 Å². The molecule has 2 fully saturated rings. The van der Waals surface area contributed by atoms with Crippen molar-refractivity contribution in [1.82, 2.24) is 39.9 Å². The van der Waals surface area contributed by atoms with E-state index < -0.39 is 28.9 Å². The lowest BCUT2D eigenvalue weighted by atomic mass is 9.85. The molecule has 15 nitrogen and oxygen atoms in total. The third-order valence-electron chi connectivity index (χ3n) is 19.1. The fourth-order valence-corrected chi connectivity index (χ4v) is 12.3. The van der Waals surface area contributed by atoms with Gasteiger partial charge < -0.3 is 33.7 Å². The highest BCUT2D eigenvalue weighted by atomic mass is 35.5. The fourth-order valence-electron chi connectivity index (χ4n) is 11.2. The van der Waals surface area contributed by atoms with E-state index in [0.29, 0.717) is 30.1 Å². The van der Waals surface area contributed by atoms with Gasteiger partial charge in [0.25, 0.3) is 0 Å². The minimum absolute atomic E-state index is 0.0521. The van der Waals surface area contributed by atoms with Gasteiger partial charge in [-0.15, -0.1) is 11.3 Å². The largest absolute Gasteiger partial charge is 0.476 e. The molecule has 8 aromatic rings. The van der Waals surface area contributed by atoms with Crippen molar-refractivity contribution in [3.8, 4) is 11.6 Å². The van der Waals surface area contributed by atoms with Crippen LogP contribution in [0.2, 0.25) is 5.02 Å². The Hall–Kier alpha value is -8.02. The number of nitrogens with one attached hydrogen (secondary N) is 2. The molecule has 1 saturated carbocycles. The number of hydrogen-bond acceptors (Lipinski definition) is 14. The topological polar surface area (TPSA) is 142 Å². The summed E-state index contributed by atoms with van der Waals surface area (Å²) in [7, 11) is 2.06. The van der Waals surface area contributed by atoms with Gasteiger partial charge in [0.2, 0.25) is 11.8 Å². The average Bonchev–Trinajstić information content (AvgIpc) is 1.45. The van der Waals surface area contributed by atoms with Crippen molar-refractivity contribution in [1.29, 1.82) is 0 Å². The molecule has 0 bridgehead atoms. The quantitative estimate of drug-likeness (QED) is 0.133. The molecule has 1 amide bonds. The summed E-state index contributed by atoms with van der Waals surface area (Å²) in [6, 6.07) is 30.4. The predicted octanol–water partition coefficient (Wildman–Crippen LogP) is 24.0. The zero-order chi connectivity index (χ0) is 86.4. The number of rotatable bonds is 9. The smallest absolute Gasteiger partial charge is 0.421 e. The molecule has 12 rings (SSSR count). The SMILES string of the molecule is CC(C)(C)c1cc(C(C)(C)C)on1.CC(C)(C)c1ccc(N2C=CCN2)cc1.CC(C)(C)c1ccc(NC(=O)C2CC2)cc1.CC1=CN(c2cc(Cl)cc(C(C)(C)C)c2)CO1.CN1CCN(CCOc2ncc(C(C)(C)C)cc2C(F)(F)F)CC1.Cc1cn(-c2cc(C(C)(C)C)cc(C(F)(F)F)c2)cn1.Cc1cnc(C(C)(C)C)s1. The number of carbonyl (C=O) groups is 1. The number of alkyl halides is 6. The molecule has 4 aromatic carbocycles. The van der Waals surface area contributed by atoms with E-state index in [1.807, 2.05) is 90.1 Å². The lowest BCUT2D eigenvalue weighted by molar-refractivity contribution is -0.139. The fraction of sp³-hybridized carbons (Fsp3) is 0.533. The maximum absolute atomic E-state index is 13.3. The van der Waals surface area contributed by atoms with Crippen LogP contribution in [0.15, 0.2) is 151 Å². The number of amides is 1. The van der Waals surface area contributed by atoms with Crippen LogP contribution in [0, 0.1) is 19.8 Å². The third kappa shape index (κ3) is 31.4. The number of likely N-dealkylation sites (N-methyl/N-ethyl adjacent to an activating group) is 1. The standard InChI is InChI=1S/C17H26F3N3O.C15H17F3N2.C14H18ClNO.C14H19NO.C13H18N2.C11H19NO.C8H13NS/c1-16(2,3)13-11-14(17(18,19)20)15(21-12-13)24-10-9-23-7-5-22(4)6-8-23;1-10-8-20(9-19-10)13-6-11(14(2,3)4)5-12(7-13)15(16,17)18;1-10-8-16(9-17-10)13-6-11(14(2,3)4)5-12(15)7-13;1-14(2,3)11-6-8-12(9-7-11)15-13(16)10-4-5-10;1-13(2,3)11-5-7-12(8-6-11)15-10-4-9-14-15;1-10(2,3)8-7-9(13-12-8)11(4,5)6;1-6-5-9-7(10-6)8(2,3)4/h11-12H,5-10H2,1-4H3;5-9H,1-4H3;5-8H,9H2,1-4H3;6-10H,4-5H2,1-3H3,(H,15,16);4-8,10,14H,9H2,1-3H3;7H,1-6H3;5H,1-4H3. The van der Waals surface area contributed by atoms with Crippen LogP contribution in [0.25, 0.3) is 5.69 Å². The van der Waals surface area contributed by atoms with Crippen LogP contribution in [0.3, 0.4) is 0 Å². The van der Waals surface area contributed by atoms with Gasteiger partial charge in [-0.3, -0.25) is 14.7 Å². The second-order valence-electron chi connectivity index (χ2n) is 38.3. The first-order chi connectivity index (χ1) is 52.7. The summed E-state index contributed by atoms with van der Waals surface area (Å²) in [6.07, 6.45) is 6.08. The molecule has 632 valence electrons. The van der Waals surface area contributed by atoms with E-state index in [1.165, 1.54) is 50.9 Å². The Morgan fingerprint density at radius 1 is 0.583 bits per heavy atom. The van der Waals surface area contributed by atoms with Gasteiger partial charge >= 0.3 is 12.4 Å². The van der Waals surface area contributed by atoms with Crippen molar-refractivity contribution in [2.45, 2.75) is 255 Å². The van der Waals surface area contributed by atoms with Crippen molar-refractivity contribution in [3.05, 3.63) is 217 Å². The molecule has 2 N–H and O–H groups in total. The van der Waals surface area contributed by atoms with Crippen molar-refractivity contribution < 1.29 is 45.1 Å². The second-order valence-corrected chi connectivity index (χ2v) is 40.0. The summed E-state index contributed by atoms with van der Waals surface area (Å²) in [5.41, 5.74) is 12.4. The molecule has 3 aliphatic heterocycles. The maximum atomic E-state index is 13.3. The molecule has 0 radical (unpaired) electrons. The lowest BCUT2D eigenvalue weighted by Crippen LogP contribution is -2.45. The van der Waals surface area contributed by atoms with Crippen LogP contribution in [0.5, 0.6) is 5.88 Å². The van der Waals surface area contributed by atoms with Crippen molar-refractivity contribution in [2.75, 3.05) is 74.9 Å². The van der Waals surface area contributed by atoms with Crippen LogP contribution < -0.4 is 25.4 Å². The minimum Gasteiger partial charge on any atom is -0.476 e. The van der Waals surface area contributed by atoms with Crippen molar-refractivity contribution in [3.63, 3.8) is 0 Å². The number of imidazole rings is 1. The summed E-state index contributed by atoms with van der Waals surface area (Å²) >= 11 is 7.97. The molecule has 115 heavy (non-hydrogen) atoms. The molecule has 1 aliphatic carbocycles. The molecule has 1 saturated heterocycles. The van der Waals surface area contributed by atoms with Gasteiger partial charge in [0.15, 0.2) is 6.73 Å². The predicted molar refractivity (Wildman–Crippen MR) is 462 cm³/mol. The maximum Gasteiger partial charge on any atom is 0.421 e. The van der Waals surface area contributed by atoms with Crippen LogP contribution in [-0.4, -0.2) is 100 Å². The van der Waals surface area contributed by atoms with E-state index >= 15 is 0 Å². The van der Waals surface area contributed by atoms with Crippen LogP contribution in [0.1, 0.15) is 252 Å². The highest BCUT2D eigenvalue weighted by Gasteiger charge is 2.38. The number of aryl methyl sites for hydroxylation is 2. The Morgan fingerprint density at radius 3 is 1.56 bits per heavy atom. The molecule has 4 aromatic heterocycles. The molecule has 7 heterocycles. The Balaban J connectivity index is 0.000000212. The number of thiazole rings is 1. The molecule has 0 atom stereocenters. The summed E-state index contributed by atoms with van der Waals surface area (Å²) in [5.74, 6) is 2.00. The Morgan fingerprint density at radius 2 is 1.13 bits per heavy atom. The van der Waals surface area contributed by atoms with E-state index in [1.54, 1.807) is 35.1 Å². The number of nitrogens with zero attached hydrogens (tertiary/aromatic N) is 9. The first kappa shape index (κ1) is 95.8. The van der Waals surface area contributed by atoms with Crippen molar-refractivity contribution in [2.24, 2.45) is 5.92 Å². The number of pyridine rings is 1. The zero-order valence-corrected chi connectivity index (χ0v) is 75.2. The zero-order valence-electron chi connectivity index (χ0n) is 73.6. The van der Waals surface area contributed by atoms with E-state index in [9.17, 15) is 31.1 Å². The third-order valence-corrected chi connectivity index (χ3v) is 20.7. The van der Waals surface area contributed by atoms with Gasteiger partial charge in [-0.2, -0.15) is 26.3 Å². The van der Waals surface area contributed by atoms with E-state index in [4.69, 9.17) is 25.6 Å². The highest BCUT2D eigenvalue weighted by molar-refractivity contribution is 7.11. The monoisotopic (exact) mass is 1630 g/mol. The summed E-state index contributed by atoms with van der Waals surface area (Å²) in [6.45, 7) is 62.3. The minimum atomic E-state index is -4.47. The number of carbonyl (C=O) groups excluding carboxylic acids is 1. The molecule has 23 heteroatoms. The van der Waals surface area contributed by atoms with Gasteiger partial charge in [0.05, 0.1) is 34.0 Å². The molecule has 0 unspecified atom stereocenters. The van der Waals surface area contributed by atoms with Gasteiger partial charge in [0, 0.05) is 125 Å². The number of hydrogen-bond donors (Lipinski definition) is 2. The number of piperazine rings is 1. The normalized spacial score (nSPS) is 15.2. The lowest BCUT2D eigenvalue weighted by Gasteiger charge is -2.32. The molecular weight excluding hydrogens is 1500 g/mol. The van der Waals surface area contributed by atoms with Gasteiger partial charge in [-0.25, -0.2) is 20.4 Å². The Labute approximate surface area is 692 Å². The van der Waals surface area contributed by atoms with Crippen LogP contribution in [-0.2, 0) is 65.2 Å². The average molecular weight is 1640 g/mol. The van der Waals surface area contributed by atoms with E-state index in [-0.39, 0.29) is 62.2 Å². The summed E-state index contributed by atoms with van der Waals surface area (Å²) in [4.78, 5) is 31.6. The summed E-state index contributed by atoms with van der Waals surface area (Å²) in [5, 5.41) is 11.1. The Bertz CT molecular complexity index is 4390. The number of ether oxygens (including phenoxy) is 2. The van der Waals surface area contributed by atoms with Gasteiger partial charge in [0.1, 0.15) is 23.7 Å². The number of benzene rings is 4. The molecular formula is C92H130ClF6N11O4S. The number of aromatic nitrogens is 5. The number of halogens is 7. The summed E-state index contributed by atoms with van der Waals surface area (Å²) < 4.78 is 96.7. The van der Waals surface area contributed by atoms with E-state index in [2.05, 4.69) is 245 Å². The van der Waals surface area contributed by atoms with Crippen LogP contribution >= 0.6 is 22.9 Å². The van der Waals surface area contributed by atoms with Crippen molar-refractivity contribution >= 4 is 45.9 Å². The van der Waals surface area contributed by atoms with Crippen LogP contribution in [0.4, 0.5) is 43.4 Å². The first-order valence-corrected chi connectivity index (χ1v) is 40.8. The molecule has 0 spiro atoms. The molecule has 4 aliphatic rings. The van der Waals surface area contributed by atoms with E-state index in [0.717, 1.165) is 97.0 Å². The second kappa shape index (κ2) is 39.0. The first-order valence-electron chi connectivity index (χ1n) is 39.6. The van der Waals surface area contributed by atoms with Gasteiger partial charge in [-0.1, -0.05) is 213 Å². The Kier molecular flexibility index (Phi) is 32.5.